The van der Waals surface area contributed by atoms with Gasteiger partial charge in [-0.2, -0.15) is 0 Å². The maximum atomic E-state index is 7.18. The number of benzene rings is 4. The highest BCUT2D eigenvalue weighted by Gasteiger charge is 2.39. The van der Waals surface area contributed by atoms with Gasteiger partial charge in [0.15, 0.2) is 7.28 Å². The lowest BCUT2D eigenvalue weighted by molar-refractivity contribution is 0.568. The lowest BCUT2D eigenvalue weighted by Gasteiger charge is -2.37. The molecule has 3 nitrogen and oxygen atoms in total. The number of rotatable bonds is 5. The van der Waals surface area contributed by atoms with E-state index >= 15 is 0 Å². The number of fused-ring (bicyclic) bond motifs is 3. The predicted octanol–water partition coefficient (Wildman–Crippen LogP) is 10.9. The third-order valence-corrected chi connectivity index (χ3v) is 12.1. The van der Waals surface area contributed by atoms with Gasteiger partial charge in [-0.05, 0) is 102 Å². The van der Waals surface area contributed by atoms with Gasteiger partial charge in [-0.3, -0.25) is 0 Å². The van der Waals surface area contributed by atoms with Crippen LogP contribution in [0.15, 0.2) is 92.6 Å². The van der Waals surface area contributed by atoms with E-state index in [9.17, 15) is 0 Å². The molecule has 0 aliphatic heterocycles. The zero-order chi connectivity index (χ0) is 27.2. The smallest absolute Gasteiger partial charge is 0.173 e. The average molecular weight is 652 g/mol. The summed E-state index contributed by atoms with van der Waals surface area (Å²) in [6.45, 7) is 14.1. The lowest BCUT2D eigenvalue weighted by atomic mass is 10.1. The second kappa shape index (κ2) is 10.3. The summed E-state index contributed by atoms with van der Waals surface area (Å²) in [7, 11) is -2.66. The van der Waals surface area contributed by atoms with Crippen LogP contribution in [0.3, 0.4) is 0 Å². The lowest BCUT2D eigenvalue weighted by Crippen LogP contribution is -2.27. The fourth-order valence-electron chi connectivity index (χ4n) is 5.02. The Bertz CT molecular complexity index is 1730. The highest BCUT2D eigenvalue weighted by Crippen LogP contribution is 2.63. The van der Waals surface area contributed by atoms with Gasteiger partial charge in [0.1, 0.15) is 5.75 Å². The summed E-state index contributed by atoms with van der Waals surface area (Å²) in [5, 5.41) is 3.34. The van der Waals surface area contributed by atoms with E-state index in [1.165, 1.54) is 32.9 Å². The van der Waals surface area contributed by atoms with Crippen LogP contribution < -0.4 is 9.83 Å². The molecule has 38 heavy (non-hydrogen) atoms. The van der Waals surface area contributed by atoms with Gasteiger partial charge in [0.05, 0.1) is 10.2 Å². The molecule has 1 heterocycles. The molecule has 5 rings (SSSR count). The summed E-state index contributed by atoms with van der Waals surface area (Å²) < 4.78 is 17.0. The molecule has 5 aromatic rings. The Morgan fingerprint density at radius 3 is 2.24 bits per heavy atom. The highest BCUT2D eigenvalue weighted by molar-refractivity contribution is 9.11. The van der Waals surface area contributed by atoms with Crippen LogP contribution in [0.25, 0.3) is 21.8 Å². The molecule has 6 heteroatoms. The van der Waals surface area contributed by atoms with E-state index in [0.29, 0.717) is 0 Å². The molecule has 0 fully saturated rings. The number of hydrogen-bond acceptors (Lipinski definition) is 2. The van der Waals surface area contributed by atoms with Gasteiger partial charge in [-0.15, -0.1) is 0 Å². The molecular weight excluding hydrogens is 619 g/mol. The average Bonchev–Trinajstić information content (AvgIpc) is 3.19. The maximum absolute atomic E-state index is 7.18. The summed E-state index contributed by atoms with van der Waals surface area (Å²) >= 11 is 7.33. The standard InChI is InChI=1S/C32H33Br2N2OP/c1-7-36-29-11-9-8-10-26(29)27-20-25(15-16-30(27)36)38(32(4,5)6,35-24-14-12-21(2)22(3)18-24)37-31-17-13-23(33)19-28(31)34/h8-20H,7H2,1-6H3/t38-/m0/s1. The van der Waals surface area contributed by atoms with Gasteiger partial charge in [0.25, 0.3) is 0 Å². The van der Waals surface area contributed by atoms with Crippen LogP contribution in [0.2, 0.25) is 0 Å². The van der Waals surface area contributed by atoms with Crippen LogP contribution in [-0.4, -0.2) is 9.72 Å². The Balaban J connectivity index is 1.86. The van der Waals surface area contributed by atoms with Gasteiger partial charge in [0, 0.05) is 43.3 Å². The molecule has 196 valence electrons. The van der Waals surface area contributed by atoms with Crippen LogP contribution >= 0.6 is 39.1 Å². The molecule has 0 saturated carbocycles. The van der Waals surface area contributed by atoms with Crippen molar-refractivity contribution in [2.45, 2.75) is 53.2 Å². The van der Waals surface area contributed by atoms with E-state index in [1.807, 2.05) is 18.2 Å². The largest absolute Gasteiger partial charge is 0.454 e. The first-order valence-electron chi connectivity index (χ1n) is 12.9. The van der Waals surface area contributed by atoms with Crippen LogP contribution in [-0.2, 0) is 6.54 Å². The van der Waals surface area contributed by atoms with Crippen LogP contribution in [0, 0.1) is 13.8 Å². The van der Waals surface area contributed by atoms with E-state index in [4.69, 9.17) is 9.27 Å². The van der Waals surface area contributed by atoms with Crippen LogP contribution in [0.5, 0.6) is 5.75 Å². The number of hydrogen-bond donors (Lipinski definition) is 0. The van der Waals surface area contributed by atoms with Crippen molar-refractivity contribution in [2.24, 2.45) is 4.74 Å². The maximum Gasteiger partial charge on any atom is 0.173 e. The SMILES string of the molecule is CCn1c2ccccc2c2cc([P@](=Nc3ccc(C)c(C)c3)(Oc3ccc(Br)cc3Br)C(C)(C)C)ccc21. The zero-order valence-corrected chi connectivity index (χ0v) is 26.8. The second-order valence-electron chi connectivity index (χ2n) is 10.7. The fraction of sp³-hybridized carbons (Fsp3) is 0.250. The molecule has 0 spiro atoms. The molecule has 0 aliphatic rings. The summed E-state index contributed by atoms with van der Waals surface area (Å²) in [5.41, 5.74) is 5.92. The van der Waals surface area contributed by atoms with E-state index < -0.39 is 7.28 Å². The summed E-state index contributed by atoms with van der Waals surface area (Å²) in [5.74, 6) is 0.792. The second-order valence-corrected chi connectivity index (χ2v) is 15.9. The quantitative estimate of drug-likeness (QED) is 0.174. The number of aromatic nitrogens is 1. The van der Waals surface area contributed by atoms with Crippen molar-refractivity contribution in [1.29, 1.82) is 0 Å². The summed E-state index contributed by atoms with van der Waals surface area (Å²) in [4.78, 5) is 0. The first-order chi connectivity index (χ1) is 18.0. The molecule has 1 aromatic heterocycles. The van der Waals surface area contributed by atoms with E-state index in [1.54, 1.807) is 0 Å². The molecule has 0 saturated heterocycles. The Kier molecular flexibility index (Phi) is 7.41. The molecule has 0 aliphatic carbocycles. The van der Waals surface area contributed by atoms with E-state index in [0.717, 1.165) is 32.2 Å². The number of nitrogens with zero attached hydrogens (tertiary/aromatic N) is 2. The summed E-state index contributed by atoms with van der Waals surface area (Å²) in [6, 6.07) is 28.0. The summed E-state index contributed by atoms with van der Waals surface area (Å²) in [6.07, 6.45) is 0. The van der Waals surface area contributed by atoms with Crippen molar-refractivity contribution in [3.05, 3.63) is 98.9 Å². The van der Waals surface area contributed by atoms with Gasteiger partial charge in [-0.1, -0.05) is 61.0 Å². The molecule has 4 aromatic carbocycles. The van der Waals surface area contributed by atoms with Gasteiger partial charge in [-0.25, -0.2) is 4.74 Å². The van der Waals surface area contributed by atoms with E-state index in [-0.39, 0.29) is 5.16 Å². The van der Waals surface area contributed by atoms with Crippen molar-refractivity contribution < 1.29 is 4.52 Å². The Hall–Kier alpha value is -2.33. The number of para-hydroxylation sites is 1. The Morgan fingerprint density at radius 1 is 0.816 bits per heavy atom. The first-order valence-corrected chi connectivity index (χ1v) is 16.1. The number of halogens is 2. The fourth-order valence-corrected chi connectivity index (χ4v) is 9.36. The first kappa shape index (κ1) is 27.2. The monoisotopic (exact) mass is 650 g/mol. The van der Waals surface area contributed by atoms with Gasteiger partial charge >= 0.3 is 0 Å². The molecular formula is C32H33Br2N2OP. The van der Waals surface area contributed by atoms with E-state index in [2.05, 4.69) is 139 Å². The minimum Gasteiger partial charge on any atom is -0.454 e. The van der Waals surface area contributed by atoms with Crippen LogP contribution in [0.1, 0.15) is 38.8 Å². The minimum atomic E-state index is -2.66. The molecule has 0 unspecified atom stereocenters. The molecule has 0 N–H and O–H groups in total. The topological polar surface area (TPSA) is 26.5 Å². The molecule has 1 atom stereocenters. The van der Waals surface area contributed by atoms with Crippen molar-refractivity contribution in [2.75, 3.05) is 0 Å². The van der Waals surface area contributed by atoms with Gasteiger partial charge in [0.2, 0.25) is 0 Å². The van der Waals surface area contributed by atoms with Crippen molar-refractivity contribution in [3.63, 3.8) is 0 Å². The van der Waals surface area contributed by atoms with Gasteiger partial charge < -0.3 is 9.09 Å². The minimum absolute atomic E-state index is 0.283. The molecule has 0 radical (unpaired) electrons. The van der Waals surface area contributed by atoms with Crippen molar-refractivity contribution in [3.8, 4) is 5.75 Å². The zero-order valence-electron chi connectivity index (χ0n) is 22.7. The normalized spacial score (nSPS) is 13.6. The highest BCUT2D eigenvalue weighted by atomic mass is 79.9. The third kappa shape index (κ3) is 4.78. The molecule has 0 bridgehead atoms. The number of aryl methyl sites for hydroxylation is 3. The Morgan fingerprint density at radius 2 is 1.55 bits per heavy atom. The Labute approximate surface area is 242 Å². The van der Waals surface area contributed by atoms with Crippen LogP contribution in [0.4, 0.5) is 5.69 Å². The van der Waals surface area contributed by atoms with Crippen molar-refractivity contribution >= 4 is 71.9 Å². The van der Waals surface area contributed by atoms with Crippen molar-refractivity contribution in [1.82, 2.24) is 4.57 Å². The third-order valence-electron chi connectivity index (χ3n) is 7.20. The predicted molar refractivity (Wildman–Crippen MR) is 172 cm³/mol. The molecule has 0 amide bonds.